The lowest BCUT2D eigenvalue weighted by atomic mass is 9.74. The molecule has 1 aliphatic rings. The van der Waals surface area contributed by atoms with E-state index in [1.54, 1.807) is 11.3 Å². The second kappa shape index (κ2) is 11.0. The molecule has 1 aromatic carbocycles. The van der Waals surface area contributed by atoms with Gasteiger partial charge < -0.3 is 25.2 Å². The highest BCUT2D eigenvalue weighted by atomic mass is 32.1. The zero-order chi connectivity index (χ0) is 22.2. The van der Waals surface area contributed by atoms with Crippen LogP contribution < -0.4 is 15.4 Å². The molecule has 0 bridgehead atoms. The van der Waals surface area contributed by atoms with Crippen LogP contribution in [-0.4, -0.2) is 50.5 Å². The summed E-state index contributed by atoms with van der Waals surface area (Å²) >= 11 is 1.58. The molecule has 1 fully saturated rings. The van der Waals surface area contributed by atoms with E-state index >= 15 is 0 Å². The first kappa shape index (κ1) is 23.6. The van der Waals surface area contributed by atoms with Crippen molar-refractivity contribution in [2.24, 2.45) is 4.99 Å². The minimum atomic E-state index is -0.992. The smallest absolute Gasteiger partial charge is 0.191 e. The van der Waals surface area contributed by atoms with Crippen LogP contribution >= 0.6 is 11.3 Å². The highest BCUT2D eigenvalue weighted by molar-refractivity contribution is 7.08. The summed E-state index contributed by atoms with van der Waals surface area (Å²) < 4.78 is 11.3. The van der Waals surface area contributed by atoms with Crippen LogP contribution in [0.2, 0.25) is 0 Å². The van der Waals surface area contributed by atoms with E-state index in [1.165, 1.54) is 5.56 Å². The lowest BCUT2D eigenvalue weighted by Crippen LogP contribution is -2.48. The summed E-state index contributed by atoms with van der Waals surface area (Å²) in [7, 11) is 0. The maximum atomic E-state index is 10.8. The molecule has 0 radical (unpaired) electrons. The van der Waals surface area contributed by atoms with Crippen LogP contribution in [0.3, 0.4) is 0 Å². The van der Waals surface area contributed by atoms with Gasteiger partial charge in [-0.1, -0.05) is 12.1 Å². The fraction of sp³-hybridized carbons (Fsp3) is 0.542. The van der Waals surface area contributed by atoms with E-state index in [0.29, 0.717) is 6.61 Å². The van der Waals surface area contributed by atoms with Gasteiger partial charge in [-0.05, 0) is 73.7 Å². The standard InChI is InChI=1S/C24H35N3O3S/c1-4-25-22(26-17-23(3,28)20-10-15-31-16-20)27-18-24(11-13-29-14-12-24)19-6-8-21(9-7-19)30-5-2/h6-10,15-16,28H,4-5,11-14,17-18H2,1-3H3,(H2,25,26,27). The monoisotopic (exact) mass is 445 g/mol. The fourth-order valence-corrected chi connectivity index (χ4v) is 4.67. The summed E-state index contributed by atoms with van der Waals surface area (Å²) in [5, 5.41) is 21.6. The average Bonchev–Trinajstić information content (AvgIpc) is 3.33. The van der Waals surface area contributed by atoms with Crippen LogP contribution in [-0.2, 0) is 15.8 Å². The number of aliphatic hydroxyl groups is 1. The van der Waals surface area contributed by atoms with Crippen LogP contribution in [0.25, 0.3) is 0 Å². The Balaban J connectivity index is 1.73. The molecule has 2 aromatic rings. The van der Waals surface area contributed by atoms with Crippen LogP contribution in [0.15, 0.2) is 46.1 Å². The Morgan fingerprint density at radius 2 is 1.94 bits per heavy atom. The third-order valence-corrected chi connectivity index (χ3v) is 6.54. The van der Waals surface area contributed by atoms with Gasteiger partial charge in [0.05, 0.1) is 13.2 Å². The normalized spacial score (nSPS) is 18.3. The molecule has 0 amide bonds. The van der Waals surface area contributed by atoms with E-state index < -0.39 is 5.60 Å². The van der Waals surface area contributed by atoms with Crippen molar-refractivity contribution in [3.63, 3.8) is 0 Å². The molecule has 1 aliphatic heterocycles. The molecule has 170 valence electrons. The van der Waals surface area contributed by atoms with Crippen molar-refractivity contribution < 1.29 is 14.6 Å². The number of rotatable bonds is 9. The number of hydrogen-bond donors (Lipinski definition) is 3. The summed E-state index contributed by atoms with van der Waals surface area (Å²) in [5.74, 6) is 1.61. The summed E-state index contributed by atoms with van der Waals surface area (Å²) in [6, 6.07) is 10.4. The van der Waals surface area contributed by atoms with E-state index in [0.717, 1.165) is 56.4 Å². The first-order valence-corrected chi connectivity index (χ1v) is 12.0. The van der Waals surface area contributed by atoms with Crippen molar-refractivity contribution in [3.8, 4) is 5.75 Å². The molecule has 31 heavy (non-hydrogen) atoms. The molecule has 0 spiro atoms. The largest absolute Gasteiger partial charge is 0.494 e. The Hall–Kier alpha value is -2.09. The number of thiophene rings is 1. The number of hydrogen-bond acceptors (Lipinski definition) is 5. The summed E-state index contributed by atoms with van der Waals surface area (Å²) in [6.07, 6.45) is 1.89. The minimum Gasteiger partial charge on any atom is -0.494 e. The van der Waals surface area contributed by atoms with Gasteiger partial charge in [-0.2, -0.15) is 11.3 Å². The number of ether oxygens (including phenoxy) is 2. The fourth-order valence-electron chi connectivity index (χ4n) is 3.89. The van der Waals surface area contributed by atoms with E-state index in [9.17, 15) is 5.11 Å². The van der Waals surface area contributed by atoms with Gasteiger partial charge in [0, 0.05) is 31.7 Å². The molecule has 2 heterocycles. The van der Waals surface area contributed by atoms with E-state index in [4.69, 9.17) is 9.47 Å². The van der Waals surface area contributed by atoms with Gasteiger partial charge in [0.25, 0.3) is 0 Å². The minimum absolute atomic E-state index is 0.0327. The van der Waals surface area contributed by atoms with Crippen molar-refractivity contribution in [1.82, 2.24) is 10.6 Å². The number of guanidine groups is 1. The van der Waals surface area contributed by atoms with Crippen molar-refractivity contribution in [1.29, 1.82) is 0 Å². The summed E-state index contributed by atoms with van der Waals surface area (Å²) in [6.45, 7) is 9.80. The van der Waals surface area contributed by atoms with Crippen LogP contribution in [0.5, 0.6) is 5.75 Å². The Kier molecular flexibility index (Phi) is 8.35. The second-order valence-corrected chi connectivity index (χ2v) is 8.96. The topological polar surface area (TPSA) is 75.1 Å². The van der Waals surface area contributed by atoms with E-state index in [1.807, 2.05) is 49.7 Å². The average molecular weight is 446 g/mol. The van der Waals surface area contributed by atoms with Crippen LogP contribution in [0, 0.1) is 0 Å². The number of nitrogens with zero attached hydrogens (tertiary/aromatic N) is 1. The van der Waals surface area contributed by atoms with Gasteiger partial charge in [0.15, 0.2) is 5.96 Å². The zero-order valence-electron chi connectivity index (χ0n) is 18.8. The summed E-state index contributed by atoms with van der Waals surface area (Å²) in [4.78, 5) is 4.69. The molecule has 0 aliphatic carbocycles. The first-order valence-electron chi connectivity index (χ1n) is 11.1. The lowest BCUT2D eigenvalue weighted by Gasteiger charge is -2.38. The van der Waals surface area contributed by atoms with Gasteiger partial charge in [0.1, 0.15) is 11.4 Å². The van der Waals surface area contributed by atoms with Crippen LogP contribution in [0.1, 0.15) is 44.7 Å². The highest BCUT2D eigenvalue weighted by Crippen LogP contribution is 2.35. The van der Waals surface area contributed by atoms with Gasteiger partial charge >= 0.3 is 0 Å². The number of aliphatic imine (C=N–C) groups is 1. The maximum Gasteiger partial charge on any atom is 0.191 e. The zero-order valence-corrected chi connectivity index (χ0v) is 19.6. The molecule has 1 atom stereocenters. The number of nitrogens with one attached hydrogen (secondary N) is 2. The predicted molar refractivity (Wildman–Crippen MR) is 127 cm³/mol. The van der Waals surface area contributed by atoms with E-state index in [-0.39, 0.29) is 12.0 Å². The van der Waals surface area contributed by atoms with Crippen molar-refractivity contribution >= 4 is 17.3 Å². The molecule has 3 rings (SSSR count). The molecule has 6 nitrogen and oxygen atoms in total. The Bertz CT molecular complexity index is 813. The van der Waals surface area contributed by atoms with Crippen molar-refractivity contribution in [2.75, 3.05) is 39.5 Å². The highest BCUT2D eigenvalue weighted by Gasteiger charge is 2.35. The molecule has 1 saturated heterocycles. The number of benzene rings is 1. The molecule has 1 unspecified atom stereocenters. The Morgan fingerprint density at radius 3 is 2.55 bits per heavy atom. The van der Waals surface area contributed by atoms with Crippen molar-refractivity contribution in [2.45, 2.75) is 44.6 Å². The van der Waals surface area contributed by atoms with Gasteiger partial charge in [-0.3, -0.25) is 0 Å². The Morgan fingerprint density at radius 1 is 1.19 bits per heavy atom. The lowest BCUT2D eigenvalue weighted by molar-refractivity contribution is 0.0513. The third kappa shape index (κ3) is 6.21. The SMILES string of the molecule is CCNC(=NCC(C)(O)c1ccsc1)NCC1(c2ccc(OCC)cc2)CCOCC1. The molecule has 1 aromatic heterocycles. The van der Waals surface area contributed by atoms with E-state index in [2.05, 4.69) is 27.8 Å². The van der Waals surface area contributed by atoms with Gasteiger partial charge in [-0.25, -0.2) is 4.99 Å². The molecular weight excluding hydrogens is 410 g/mol. The van der Waals surface area contributed by atoms with Crippen LogP contribution in [0.4, 0.5) is 0 Å². The third-order valence-electron chi connectivity index (χ3n) is 5.85. The van der Waals surface area contributed by atoms with Gasteiger partial charge in [0.2, 0.25) is 0 Å². The first-order chi connectivity index (χ1) is 15.0. The predicted octanol–water partition coefficient (Wildman–Crippen LogP) is 3.66. The molecule has 7 heteroatoms. The second-order valence-electron chi connectivity index (χ2n) is 8.18. The molecule has 0 saturated carbocycles. The van der Waals surface area contributed by atoms with Crippen molar-refractivity contribution in [3.05, 3.63) is 52.2 Å². The molecular formula is C24H35N3O3S. The maximum absolute atomic E-state index is 10.8. The summed E-state index contributed by atoms with van der Waals surface area (Å²) in [5.41, 5.74) is 1.16. The molecule has 3 N–H and O–H groups in total. The Labute approximate surface area is 189 Å². The quantitative estimate of drug-likeness (QED) is 0.406. The van der Waals surface area contributed by atoms with Gasteiger partial charge in [-0.15, -0.1) is 0 Å².